The van der Waals surface area contributed by atoms with Crippen molar-refractivity contribution >= 4 is 44.9 Å². The molecule has 3 N–H and O–H groups in total. The van der Waals surface area contributed by atoms with Crippen molar-refractivity contribution < 1.29 is 4.79 Å². The number of hydrogen-bond donors (Lipinski definition) is 3. The van der Waals surface area contributed by atoms with Gasteiger partial charge in [0.2, 0.25) is 5.91 Å². The van der Waals surface area contributed by atoms with Gasteiger partial charge in [-0.25, -0.2) is 4.98 Å². The van der Waals surface area contributed by atoms with E-state index < -0.39 is 0 Å². The van der Waals surface area contributed by atoms with Crippen LogP contribution in [0.15, 0.2) is 66.4 Å². The van der Waals surface area contributed by atoms with Crippen molar-refractivity contribution in [3.8, 4) is 33.2 Å². The molecule has 5 heterocycles. The number of pyridine rings is 2. The standard InChI is InChI=1S/C27H21N7OS/c35-27(15-3-1-4-15)30-18-11-17(13-28-14-18)16-6-7-20-19(12-16)23(34-33-20)26-31-21-8-9-29-25(24(21)32-26)22-5-2-10-36-22/h2,5-15H,1,3-4H2,(H,30,35)(H,31,32)(H,33,34). The summed E-state index contributed by atoms with van der Waals surface area (Å²) in [7, 11) is 0. The molecule has 6 aromatic rings. The van der Waals surface area contributed by atoms with E-state index in [9.17, 15) is 4.79 Å². The molecule has 1 aliphatic carbocycles. The van der Waals surface area contributed by atoms with Gasteiger partial charge in [0.05, 0.1) is 27.8 Å². The highest BCUT2D eigenvalue weighted by Crippen LogP contribution is 2.34. The van der Waals surface area contributed by atoms with Crippen molar-refractivity contribution in [1.29, 1.82) is 0 Å². The molecule has 9 heteroatoms. The van der Waals surface area contributed by atoms with Crippen molar-refractivity contribution in [3.63, 3.8) is 0 Å². The molecule has 1 fully saturated rings. The Bertz CT molecular complexity index is 1730. The minimum absolute atomic E-state index is 0.0778. The largest absolute Gasteiger partial charge is 0.336 e. The van der Waals surface area contributed by atoms with Gasteiger partial charge in [-0.05, 0) is 54.1 Å². The monoisotopic (exact) mass is 491 g/mol. The van der Waals surface area contributed by atoms with Gasteiger partial charge in [0, 0.05) is 29.3 Å². The molecule has 36 heavy (non-hydrogen) atoms. The molecular weight excluding hydrogens is 470 g/mol. The molecule has 0 radical (unpaired) electrons. The highest BCUT2D eigenvalue weighted by Gasteiger charge is 2.25. The Balaban J connectivity index is 1.26. The molecule has 1 aliphatic rings. The van der Waals surface area contributed by atoms with E-state index in [-0.39, 0.29) is 11.8 Å². The third-order valence-corrected chi connectivity index (χ3v) is 7.63. The maximum Gasteiger partial charge on any atom is 0.227 e. The SMILES string of the molecule is O=C(Nc1cncc(-c2ccc3[nH]nc(-c4nc5c(-c6cccs6)nccc5[nH]4)c3c2)c1)C1CCC1. The minimum Gasteiger partial charge on any atom is -0.336 e. The second-order valence-electron chi connectivity index (χ2n) is 9.03. The second-order valence-corrected chi connectivity index (χ2v) is 9.98. The number of H-pyrrole nitrogens is 2. The number of anilines is 1. The molecule has 5 aromatic heterocycles. The van der Waals surface area contributed by atoms with Gasteiger partial charge < -0.3 is 10.3 Å². The van der Waals surface area contributed by atoms with Crippen molar-refractivity contribution in [1.82, 2.24) is 30.1 Å². The van der Waals surface area contributed by atoms with Crippen LogP contribution in [0.4, 0.5) is 5.69 Å². The first-order valence-corrected chi connectivity index (χ1v) is 12.7. The van der Waals surface area contributed by atoms with E-state index in [1.807, 2.05) is 41.8 Å². The van der Waals surface area contributed by atoms with Crippen LogP contribution in [0.1, 0.15) is 19.3 Å². The average molecular weight is 492 g/mol. The van der Waals surface area contributed by atoms with Crippen LogP contribution in [-0.4, -0.2) is 36.0 Å². The van der Waals surface area contributed by atoms with Crippen molar-refractivity contribution in [2.45, 2.75) is 19.3 Å². The summed E-state index contributed by atoms with van der Waals surface area (Å²) in [5.41, 5.74) is 6.85. The Labute approximate surface area is 209 Å². The van der Waals surface area contributed by atoms with Gasteiger partial charge in [0.25, 0.3) is 0 Å². The van der Waals surface area contributed by atoms with Crippen LogP contribution in [0.2, 0.25) is 0 Å². The van der Waals surface area contributed by atoms with Crippen molar-refractivity contribution in [3.05, 3.63) is 66.4 Å². The van der Waals surface area contributed by atoms with Crippen LogP contribution in [0.3, 0.4) is 0 Å². The molecular formula is C27H21N7OS. The first kappa shape index (κ1) is 21.0. The summed E-state index contributed by atoms with van der Waals surface area (Å²) in [6.45, 7) is 0. The predicted molar refractivity (Wildman–Crippen MR) is 141 cm³/mol. The smallest absolute Gasteiger partial charge is 0.227 e. The van der Waals surface area contributed by atoms with Gasteiger partial charge in [-0.1, -0.05) is 18.6 Å². The van der Waals surface area contributed by atoms with E-state index in [4.69, 9.17) is 4.98 Å². The van der Waals surface area contributed by atoms with Crippen molar-refractivity contribution in [2.75, 3.05) is 5.32 Å². The zero-order valence-electron chi connectivity index (χ0n) is 19.2. The maximum absolute atomic E-state index is 12.4. The number of carbonyl (C=O) groups is 1. The van der Waals surface area contributed by atoms with Crippen molar-refractivity contribution in [2.24, 2.45) is 5.92 Å². The number of imidazole rings is 1. The lowest BCUT2D eigenvalue weighted by Gasteiger charge is -2.24. The van der Waals surface area contributed by atoms with E-state index >= 15 is 0 Å². The maximum atomic E-state index is 12.4. The van der Waals surface area contributed by atoms with E-state index in [0.29, 0.717) is 11.5 Å². The summed E-state index contributed by atoms with van der Waals surface area (Å²) >= 11 is 1.64. The molecule has 176 valence electrons. The Kier molecular flexibility index (Phi) is 4.88. The Morgan fingerprint density at radius 1 is 1.03 bits per heavy atom. The molecule has 0 saturated heterocycles. The number of thiophene rings is 1. The highest BCUT2D eigenvalue weighted by molar-refractivity contribution is 7.13. The number of benzene rings is 1. The highest BCUT2D eigenvalue weighted by atomic mass is 32.1. The summed E-state index contributed by atoms with van der Waals surface area (Å²) < 4.78 is 0. The molecule has 8 nitrogen and oxygen atoms in total. The van der Waals surface area contributed by atoms with Gasteiger partial charge >= 0.3 is 0 Å². The summed E-state index contributed by atoms with van der Waals surface area (Å²) in [6, 6.07) is 14.1. The quantitative estimate of drug-likeness (QED) is 0.273. The molecule has 0 atom stereocenters. The van der Waals surface area contributed by atoms with E-state index in [1.165, 1.54) is 0 Å². The average Bonchev–Trinajstić information content (AvgIpc) is 3.61. The van der Waals surface area contributed by atoms with Gasteiger partial charge in [-0.2, -0.15) is 5.10 Å². The van der Waals surface area contributed by atoms with Crippen LogP contribution in [0.25, 0.3) is 55.2 Å². The normalized spacial score (nSPS) is 13.8. The molecule has 0 bridgehead atoms. The zero-order chi connectivity index (χ0) is 24.1. The topological polar surface area (TPSA) is 112 Å². The minimum atomic E-state index is 0.0778. The van der Waals surface area contributed by atoms with Crippen LogP contribution in [0.5, 0.6) is 0 Å². The fraction of sp³-hybridized carbons (Fsp3) is 0.148. The van der Waals surface area contributed by atoms with E-state index in [2.05, 4.69) is 36.5 Å². The molecule has 1 saturated carbocycles. The summed E-state index contributed by atoms with van der Waals surface area (Å²) in [4.78, 5) is 30.7. The van der Waals surface area contributed by atoms with Crippen LogP contribution in [0, 0.1) is 5.92 Å². The molecule has 1 aromatic carbocycles. The first-order chi connectivity index (χ1) is 17.7. The third-order valence-electron chi connectivity index (χ3n) is 6.76. The molecule has 0 spiro atoms. The first-order valence-electron chi connectivity index (χ1n) is 11.9. The number of aromatic nitrogens is 6. The number of fused-ring (bicyclic) bond motifs is 2. The lowest BCUT2D eigenvalue weighted by molar-refractivity contribution is -0.122. The molecule has 0 unspecified atom stereocenters. The van der Waals surface area contributed by atoms with E-state index in [0.717, 1.165) is 68.6 Å². The number of amides is 1. The summed E-state index contributed by atoms with van der Waals surface area (Å²) in [5.74, 6) is 0.880. The fourth-order valence-electron chi connectivity index (χ4n) is 4.60. The third kappa shape index (κ3) is 3.56. The Morgan fingerprint density at radius 3 is 2.81 bits per heavy atom. The molecule has 0 aliphatic heterocycles. The molecule has 7 rings (SSSR count). The Hall–Kier alpha value is -4.37. The van der Waals surface area contributed by atoms with Gasteiger partial charge in [-0.15, -0.1) is 11.3 Å². The zero-order valence-corrected chi connectivity index (χ0v) is 20.0. The van der Waals surface area contributed by atoms with Gasteiger partial charge in [0.15, 0.2) is 5.82 Å². The Morgan fingerprint density at radius 2 is 1.97 bits per heavy atom. The van der Waals surface area contributed by atoms with Crippen LogP contribution in [-0.2, 0) is 4.79 Å². The number of rotatable bonds is 5. The lowest BCUT2D eigenvalue weighted by atomic mass is 9.85. The lowest BCUT2D eigenvalue weighted by Crippen LogP contribution is -2.28. The number of nitrogens with zero attached hydrogens (tertiary/aromatic N) is 4. The summed E-state index contributed by atoms with van der Waals surface area (Å²) in [5, 5.41) is 13.7. The number of nitrogens with one attached hydrogen (secondary N) is 3. The number of hydrogen-bond acceptors (Lipinski definition) is 6. The molecule has 1 amide bonds. The fourth-order valence-corrected chi connectivity index (χ4v) is 5.32. The summed E-state index contributed by atoms with van der Waals surface area (Å²) in [6.07, 6.45) is 8.34. The predicted octanol–water partition coefficient (Wildman–Crippen LogP) is 6.03. The van der Waals surface area contributed by atoms with E-state index in [1.54, 1.807) is 29.9 Å². The van der Waals surface area contributed by atoms with Crippen LogP contribution >= 0.6 is 11.3 Å². The van der Waals surface area contributed by atoms with Crippen LogP contribution < -0.4 is 5.32 Å². The number of carbonyl (C=O) groups excluding carboxylic acids is 1. The van der Waals surface area contributed by atoms with Gasteiger partial charge in [-0.3, -0.25) is 19.9 Å². The number of aromatic amines is 2. The van der Waals surface area contributed by atoms with Gasteiger partial charge in [0.1, 0.15) is 16.9 Å². The second kappa shape index (κ2) is 8.39.